The van der Waals surface area contributed by atoms with Crippen LogP contribution in [0.1, 0.15) is 73.1 Å². The molecular formula is C20H27N5O3. The van der Waals surface area contributed by atoms with Crippen LogP contribution in [-0.2, 0) is 9.53 Å². The first kappa shape index (κ1) is 18.8. The molecule has 28 heavy (non-hydrogen) atoms. The fourth-order valence-corrected chi connectivity index (χ4v) is 5.05. The number of aliphatic imine (C=N–C) groups is 1. The summed E-state index contributed by atoms with van der Waals surface area (Å²) in [6, 6.07) is 0. The number of fused-ring (bicyclic) bond motifs is 4. The summed E-state index contributed by atoms with van der Waals surface area (Å²) in [5, 5.41) is 3.10. The molecule has 1 aromatic heterocycles. The smallest absolute Gasteiger partial charge is 0.311 e. The lowest BCUT2D eigenvalue weighted by Gasteiger charge is -2.51. The van der Waals surface area contributed by atoms with Gasteiger partial charge in [-0.1, -0.05) is 6.92 Å². The van der Waals surface area contributed by atoms with Gasteiger partial charge in [0.05, 0.1) is 12.5 Å². The zero-order valence-electron chi connectivity index (χ0n) is 16.5. The van der Waals surface area contributed by atoms with Gasteiger partial charge in [0, 0.05) is 24.6 Å². The number of nitrogens with two attached hydrogens (primary N) is 1. The van der Waals surface area contributed by atoms with Gasteiger partial charge in [-0.2, -0.15) is 0 Å². The van der Waals surface area contributed by atoms with E-state index in [2.05, 4.69) is 20.3 Å². The van der Waals surface area contributed by atoms with E-state index in [0.717, 1.165) is 44.1 Å². The zero-order valence-corrected chi connectivity index (χ0v) is 16.5. The largest absolute Gasteiger partial charge is 0.469 e. The SMILES string of the molecule is COC(=O)C12CCC(CNC(=O)c3ncnc4c3C(C)CN=C4N)(CC1)CC2. The summed E-state index contributed by atoms with van der Waals surface area (Å²) >= 11 is 0. The standard InChI is InChI=1S/C20H27N5O3/c1-12-9-22-16(21)14-13(12)15(25-11-24-14)17(26)23-10-19-3-6-20(7-4-19,8-5-19)18(27)28-2/h11-12H,3-10H2,1-2H3,(H2,21,22)(H,23,26). The summed E-state index contributed by atoms with van der Waals surface area (Å²) in [5.41, 5.74) is 7.44. The minimum atomic E-state index is -0.307. The number of nitrogens with one attached hydrogen (secondary N) is 1. The number of aromatic nitrogens is 2. The number of ether oxygens (including phenoxy) is 1. The third-order valence-corrected chi connectivity index (χ3v) is 7.01. The van der Waals surface area contributed by atoms with Crippen LogP contribution in [0.4, 0.5) is 0 Å². The molecule has 0 radical (unpaired) electrons. The third-order valence-electron chi connectivity index (χ3n) is 7.01. The summed E-state index contributed by atoms with van der Waals surface area (Å²) in [7, 11) is 1.47. The van der Waals surface area contributed by atoms with Gasteiger partial charge in [0.1, 0.15) is 23.6 Å². The molecular weight excluding hydrogens is 358 g/mol. The van der Waals surface area contributed by atoms with Crippen molar-refractivity contribution in [3.8, 4) is 0 Å². The van der Waals surface area contributed by atoms with Crippen molar-refractivity contribution >= 4 is 17.7 Å². The predicted octanol–water partition coefficient (Wildman–Crippen LogP) is 1.54. The lowest BCUT2D eigenvalue weighted by molar-refractivity contribution is -0.162. The monoisotopic (exact) mass is 385 g/mol. The van der Waals surface area contributed by atoms with E-state index in [9.17, 15) is 9.59 Å². The number of amidine groups is 1. The molecule has 1 unspecified atom stereocenters. The lowest BCUT2D eigenvalue weighted by Crippen LogP contribution is -2.50. The average Bonchev–Trinajstić information content (AvgIpc) is 2.75. The Balaban J connectivity index is 1.46. The summed E-state index contributed by atoms with van der Waals surface area (Å²) < 4.78 is 5.03. The first-order valence-electron chi connectivity index (χ1n) is 9.92. The topological polar surface area (TPSA) is 120 Å². The molecule has 2 heterocycles. The predicted molar refractivity (Wildman–Crippen MR) is 103 cm³/mol. The van der Waals surface area contributed by atoms with Crippen LogP contribution in [-0.4, -0.2) is 47.9 Å². The minimum absolute atomic E-state index is 0.0486. The molecule has 3 N–H and O–H groups in total. The molecule has 1 aromatic rings. The van der Waals surface area contributed by atoms with Gasteiger partial charge >= 0.3 is 5.97 Å². The number of carbonyl (C=O) groups is 2. The number of rotatable bonds is 4. The van der Waals surface area contributed by atoms with E-state index >= 15 is 0 Å². The van der Waals surface area contributed by atoms with Crippen LogP contribution >= 0.6 is 0 Å². The molecule has 8 heteroatoms. The maximum absolute atomic E-state index is 12.9. The second kappa shape index (κ2) is 6.83. The van der Waals surface area contributed by atoms with Gasteiger partial charge < -0.3 is 15.8 Å². The quantitative estimate of drug-likeness (QED) is 0.759. The van der Waals surface area contributed by atoms with Crippen molar-refractivity contribution in [2.45, 2.75) is 51.4 Å². The molecule has 3 fully saturated rings. The van der Waals surface area contributed by atoms with Crippen LogP contribution in [0.5, 0.6) is 0 Å². The highest BCUT2D eigenvalue weighted by molar-refractivity contribution is 6.02. The number of methoxy groups -OCH3 is 1. The Morgan fingerprint density at radius 3 is 2.54 bits per heavy atom. The van der Waals surface area contributed by atoms with Crippen LogP contribution in [0.25, 0.3) is 0 Å². The van der Waals surface area contributed by atoms with Crippen molar-refractivity contribution in [2.75, 3.05) is 20.2 Å². The number of hydrogen-bond acceptors (Lipinski definition) is 7. The first-order valence-corrected chi connectivity index (χ1v) is 9.92. The van der Waals surface area contributed by atoms with E-state index < -0.39 is 0 Å². The van der Waals surface area contributed by atoms with Crippen molar-refractivity contribution in [1.82, 2.24) is 15.3 Å². The highest BCUT2D eigenvalue weighted by Crippen LogP contribution is 2.57. The van der Waals surface area contributed by atoms with E-state index in [4.69, 9.17) is 10.5 Å². The van der Waals surface area contributed by atoms with Crippen molar-refractivity contribution in [1.29, 1.82) is 0 Å². The Kier molecular flexibility index (Phi) is 4.59. The number of carbonyl (C=O) groups excluding carboxylic acids is 2. The van der Waals surface area contributed by atoms with Gasteiger partial charge in [-0.15, -0.1) is 0 Å². The van der Waals surface area contributed by atoms with Crippen molar-refractivity contribution in [3.63, 3.8) is 0 Å². The molecule has 1 amide bonds. The minimum Gasteiger partial charge on any atom is -0.469 e. The molecule has 5 rings (SSSR count). The van der Waals surface area contributed by atoms with Gasteiger partial charge in [0.2, 0.25) is 0 Å². The average molecular weight is 385 g/mol. The van der Waals surface area contributed by atoms with Crippen LogP contribution in [0.2, 0.25) is 0 Å². The maximum Gasteiger partial charge on any atom is 0.311 e. The molecule has 1 atom stereocenters. The molecule has 8 nitrogen and oxygen atoms in total. The second-order valence-electron chi connectivity index (χ2n) is 8.57. The fourth-order valence-electron chi connectivity index (χ4n) is 5.05. The van der Waals surface area contributed by atoms with Crippen LogP contribution in [0.15, 0.2) is 11.3 Å². The van der Waals surface area contributed by atoms with Gasteiger partial charge in [-0.25, -0.2) is 9.97 Å². The molecule has 0 aromatic carbocycles. The highest BCUT2D eigenvalue weighted by atomic mass is 16.5. The first-order chi connectivity index (χ1) is 13.4. The summed E-state index contributed by atoms with van der Waals surface area (Å²) in [5.74, 6) is 0.143. The second-order valence-corrected chi connectivity index (χ2v) is 8.57. The number of hydrogen-bond donors (Lipinski definition) is 2. The number of amides is 1. The summed E-state index contributed by atoms with van der Waals surface area (Å²) in [4.78, 5) is 37.8. The zero-order chi connectivity index (χ0) is 19.9. The number of esters is 1. The van der Waals surface area contributed by atoms with Crippen LogP contribution in [0, 0.1) is 10.8 Å². The highest BCUT2D eigenvalue weighted by Gasteiger charge is 2.53. The van der Waals surface area contributed by atoms with E-state index in [1.165, 1.54) is 13.4 Å². The summed E-state index contributed by atoms with van der Waals surface area (Å²) in [6.07, 6.45) is 6.67. The molecule has 3 aliphatic carbocycles. The maximum atomic E-state index is 12.9. The van der Waals surface area contributed by atoms with Gasteiger partial charge in [0.15, 0.2) is 0 Å². The Morgan fingerprint density at radius 1 is 1.21 bits per heavy atom. The lowest BCUT2D eigenvalue weighted by atomic mass is 9.53. The van der Waals surface area contributed by atoms with Crippen molar-refractivity contribution < 1.29 is 14.3 Å². The molecule has 0 spiro atoms. The van der Waals surface area contributed by atoms with E-state index in [-0.39, 0.29) is 28.6 Å². The molecule has 0 saturated heterocycles. The summed E-state index contributed by atoms with van der Waals surface area (Å²) in [6.45, 7) is 3.13. The Labute approximate surface area is 164 Å². The fraction of sp³-hybridized carbons (Fsp3) is 0.650. The Hall–Kier alpha value is -2.51. The molecule has 1 aliphatic heterocycles. The van der Waals surface area contributed by atoms with E-state index in [1.54, 1.807) is 0 Å². The number of nitrogens with zero attached hydrogens (tertiary/aromatic N) is 3. The van der Waals surface area contributed by atoms with Gasteiger partial charge in [0.25, 0.3) is 5.91 Å². The van der Waals surface area contributed by atoms with Crippen LogP contribution < -0.4 is 11.1 Å². The third kappa shape index (κ3) is 2.95. The molecule has 2 bridgehead atoms. The molecule has 4 aliphatic rings. The molecule has 3 saturated carbocycles. The molecule has 150 valence electrons. The van der Waals surface area contributed by atoms with Gasteiger partial charge in [-0.3, -0.25) is 14.6 Å². The van der Waals surface area contributed by atoms with Crippen molar-refractivity contribution in [3.05, 3.63) is 23.3 Å². The van der Waals surface area contributed by atoms with E-state index in [1.807, 2.05) is 6.92 Å². The van der Waals surface area contributed by atoms with Crippen LogP contribution in [0.3, 0.4) is 0 Å². The van der Waals surface area contributed by atoms with Crippen molar-refractivity contribution in [2.24, 2.45) is 21.6 Å². The Morgan fingerprint density at radius 2 is 1.89 bits per heavy atom. The normalized spacial score (nSPS) is 30.9. The Bertz CT molecular complexity index is 826. The van der Waals surface area contributed by atoms with E-state index in [0.29, 0.717) is 30.3 Å². The van der Waals surface area contributed by atoms with Gasteiger partial charge in [-0.05, 0) is 43.9 Å².